The minimum Gasteiger partial charge on any atom is -0.493 e. The van der Waals surface area contributed by atoms with Crippen molar-refractivity contribution in [2.75, 3.05) is 25.6 Å². The maximum absolute atomic E-state index is 13.1. The molecule has 3 aromatic rings. The number of hydrogen-bond acceptors (Lipinski definition) is 5. The van der Waals surface area contributed by atoms with Crippen LogP contribution in [0.3, 0.4) is 0 Å². The summed E-state index contributed by atoms with van der Waals surface area (Å²) in [5, 5.41) is 3.03. The lowest BCUT2D eigenvalue weighted by molar-refractivity contribution is 0.0935. The van der Waals surface area contributed by atoms with Gasteiger partial charge < -0.3 is 14.8 Å². The van der Waals surface area contributed by atoms with Gasteiger partial charge in [-0.2, -0.15) is 0 Å². The van der Waals surface area contributed by atoms with Gasteiger partial charge in [-0.1, -0.05) is 37.3 Å². The van der Waals surface area contributed by atoms with Crippen LogP contribution in [-0.2, 0) is 10.0 Å². The highest BCUT2D eigenvalue weighted by molar-refractivity contribution is 7.92. The smallest absolute Gasteiger partial charge is 0.264 e. The first-order valence-electron chi connectivity index (χ1n) is 10.5. The van der Waals surface area contributed by atoms with Crippen LogP contribution in [0.5, 0.6) is 11.5 Å². The summed E-state index contributed by atoms with van der Waals surface area (Å²) < 4.78 is 37.8. The predicted molar refractivity (Wildman–Crippen MR) is 129 cm³/mol. The molecule has 0 aliphatic carbocycles. The number of anilines is 1. The third-order valence-electron chi connectivity index (χ3n) is 5.42. The van der Waals surface area contributed by atoms with Crippen molar-refractivity contribution in [3.8, 4) is 11.5 Å². The molecule has 3 aromatic carbocycles. The molecular formula is C25H28N2O5S. The summed E-state index contributed by atoms with van der Waals surface area (Å²) in [6.45, 7) is 2.01. The Morgan fingerprint density at radius 2 is 1.58 bits per heavy atom. The predicted octanol–water partition coefficient (Wildman–Crippen LogP) is 4.41. The van der Waals surface area contributed by atoms with Crippen molar-refractivity contribution >= 4 is 21.6 Å². The molecule has 1 atom stereocenters. The van der Waals surface area contributed by atoms with Crippen LogP contribution in [0.25, 0.3) is 0 Å². The van der Waals surface area contributed by atoms with Crippen LogP contribution in [0.15, 0.2) is 77.7 Å². The summed E-state index contributed by atoms with van der Waals surface area (Å²) in [6.07, 6.45) is 0.750. The van der Waals surface area contributed by atoms with E-state index in [0.29, 0.717) is 22.7 Å². The number of benzene rings is 3. The Morgan fingerprint density at radius 1 is 0.939 bits per heavy atom. The molecule has 0 saturated heterocycles. The van der Waals surface area contributed by atoms with E-state index in [4.69, 9.17) is 9.47 Å². The van der Waals surface area contributed by atoms with Crippen LogP contribution in [-0.4, -0.2) is 35.6 Å². The zero-order chi connectivity index (χ0) is 24.0. The number of methoxy groups -OCH3 is 2. The van der Waals surface area contributed by atoms with Crippen LogP contribution in [0.1, 0.15) is 35.3 Å². The standard InChI is InChI=1S/C25H28N2O5S/c1-5-22(18-9-7-6-8-10-18)26-25(28)19-11-13-20(14-12-19)27(2)33(29,30)21-15-16-23(31-3)24(17-21)32-4/h6-17,22H,5H2,1-4H3,(H,26,28)/t22-/m1/s1. The minimum atomic E-state index is -3.84. The van der Waals surface area contributed by atoms with E-state index in [-0.39, 0.29) is 16.8 Å². The van der Waals surface area contributed by atoms with Gasteiger partial charge in [-0.25, -0.2) is 8.42 Å². The van der Waals surface area contributed by atoms with Crippen molar-refractivity contribution in [1.29, 1.82) is 0 Å². The van der Waals surface area contributed by atoms with Gasteiger partial charge >= 0.3 is 0 Å². The molecule has 33 heavy (non-hydrogen) atoms. The molecule has 0 saturated carbocycles. The average molecular weight is 469 g/mol. The van der Waals surface area contributed by atoms with Crippen LogP contribution >= 0.6 is 0 Å². The number of nitrogens with one attached hydrogen (secondary N) is 1. The van der Waals surface area contributed by atoms with Crippen molar-refractivity contribution in [3.05, 3.63) is 83.9 Å². The number of ether oxygens (including phenoxy) is 2. The number of carbonyl (C=O) groups excluding carboxylic acids is 1. The first-order valence-corrected chi connectivity index (χ1v) is 11.9. The summed E-state index contributed by atoms with van der Waals surface area (Å²) in [7, 11) is 0.549. The van der Waals surface area contributed by atoms with E-state index in [1.807, 2.05) is 37.3 Å². The fourth-order valence-electron chi connectivity index (χ4n) is 3.44. The van der Waals surface area contributed by atoms with E-state index in [2.05, 4.69) is 5.32 Å². The number of amides is 1. The SMILES string of the molecule is CC[C@@H](NC(=O)c1ccc(N(C)S(=O)(=O)c2ccc(OC)c(OC)c2)cc1)c1ccccc1. The summed E-state index contributed by atoms with van der Waals surface area (Å²) in [4.78, 5) is 12.8. The largest absolute Gasteiger partial charge is 0.493 e. The summed E-state index contributed by atoms with van der Waals surface area (Å²) >= 11 is 0. The molecule has 0 aromatic heterocycles. The molecule has 0 fully saturated rings. The van der Waals surface area contributed by atoms with Gasteiger partial charge in [0.05, 0.1) is 30.8 Å². The Balaban J connectivity index is 1.78. The number of carbonyl (C=O) groups is 1. The van der Waals surface area contributed by atoms with E-state index < -0.39 is 10.0 Å². The molecule has 7 nitrogen and oxygen atoms in total. The maximum atomic E-state index is 13.1. The first-order chi connectivity index (χ1) is 15.8. The fraction of sp³-hybridized carbons (Fsp3) is 0.240. The van der Waals surface area contributed by atoms with Crippen LogP contribution in [0.2, 0.25) is 0 Å². The van der Waals surface area contributed by atoms with Gasteiger partial charge in [-0.15, -0.1) is 0 Å². The van der Waals surface area contributed by atoms with E-state index in [1.165, 1.54) is 33.4 Å². The van der Waals surface area contributed by atoms with Crippen LogP contribution in [0, 0.1) is 0 Å². The molecule has 0 spiro atoms. The second kappa shape index (κ2) is 10.4. The highest BCUT2D eigenvalue weighted by Crippen LogP contribution is 2.31. The summed E-state index contributed by atoms with van der Waals surface area (Å²) in [5.74, 6) is 0.542. The topological polar surface area (TPSA) is 84.9 Å². The summed E-state index contributed by atoms with van der Waals surface area (Å²) in [5.41, 5.74) is 1.91. The minimum absolute atomic E-state index is 0.0677. The van der Waals surface area contributed by atoms with Crippen molar-refractivity contribution in [3.63, 3.8) is 0 Å². The summed E-state index contributed by atoms with van der Waals surface area (Å²) in [6, 6.07) is 20.5. The van der Waals surface area contributed by atoms with Crippen molar-refractivity contribution in [1.82, 2.24) is 5.32 Å². The van der Waals surface area contributed by atoms with Gasteiger partial charge in [0.2, 0.25) is 0 Å². The van der Waals surface area contributed by atoms with Gasteiger partial charge in [0, 0.05) is 18.7 Å². The molecule has 0 heterocycles. The third kappa shape index (κ3) is 5.28. The van der Waals surface area contributed by atoms with Crippen molar-refractivity contribution in [2.24, 2.45) is 0 Å². The molecule has 3 rings (SSSR count). The van der Waals surface area contributed by atoms with E-state index in [9.17, 15) is 13.2 Å². The van der Waals surface area contributed by atoms with E-state index in [0.717, 1.165) is 16.3 Å². The lowest BCUT2D eigenvalue weighted by Gasteiger charge is -2.21. The lowest BCUT2D eigenvalue weighted by atomic mass is 10.0. The molecule has 0 aliphatic rings. The highest BCUT2D eigenvalue weighted by atomic mass is 32.2. The van der Waals surface area contributed by atoms with Crippen LogP contribution in [0.4, 0.5) is 5.69 Å². The second-order valence-corrected chi connectivity index (χ2v) is 9.35. The zero-order valence-electron chi connectivity index (χ0n) is 19.1. The fourth-order valence-corrected chi connectivity index (χ4v) is 4.66. The van der Waals surface area contributed by atoms with E-state index in [1.54, 1.807) is 30.3 Å². The van der Waals surface area contributed by atoms with Crippen molar-refractivity contribution < 1.29 is 22.7 Å². The van der Waals surface area contributed by atoms with Gasteiger partial charge in [0.25, 0.3) is 15.9 Å². The van der Waals surface area contributed by atoms with Gasteiger partial charge in [0.1, 0.15) is 0 Å². The van der Waals surface area contributed by atoms with Gasteiger partial charge in [0.15, 0.2) is 11.5 Å². The third-order valence-corrected chi connectivity index (χ3v) is 7.20. The Hall–Kier alpha value is -3.52. The molecule has 0 aliphatic heterocycles. The molecule has 0 radical (unpaired) electrons. The number of nitrogens with zero attached hydrogens (tertiary/aromatic N) is 1. The van der Waals surface area contributed by atoms with Gasteiger partial charge in [-0.3, -0.25) is 9.10 Å². The second-order valence-electron chi connectivity index (χ2n) is 7.38. The number of hydrogen-bond donors (Lipinski definition) is 1. The molecule has 0 unspecified atom stereocenters. The monoisotopic (exact) mass is 468 g/mol. The first kappa shape index (κ1) is 24.1. The number of rotatable bonds is 9. The van der Waals surface area contributed by atoms with E-state index >= 15 is 0 Å². The molecule has 0 bridgehead atoms. The molecular weight excluding hydrogens is 440 g/mol. The maximum Gasteiger partial charge on any atom is 0.264 e. The van der Waals surface area contributed by atoms with Crippen molar-refractivity contribution in [2.45, 2.75) is 24.3 Å². The Morgan fingerprint density at radius 3 is 2.15 bits per heavy atom. The van der Waals surface area contributed by atoms with Crippen LogP contribution < -0.4 is 19.1 Å². The normalized spacial score (nSPS) is 12.0. The Labute approximate surface area is 195 Å². The average Bonchev–Trinajstić information content (AvgIpc) is 2.86. The lowest BCUT2D eigenvalue weighted by Crippen LogP contribution is -2.28. The zero-order valence-corrected chi connectivity index (χ0v) is 19.9. The molecule has 1 N–H and O–H groups in total. The highest BCUT2D eigenvalue weighted by Gasteiger charge is 2.23. The molecule has 1 amide bonds. The quantitative estimate of drug-likeness (QED) is 0.503. The number of sulfonamides is 1. The molecule has 8 heteroatoms. The van der Waals surface area contributed by atoms with Gasteiger partial charge in [-0.05, 0) is 48.4 Å². The Bertz CT molecular complexity index is 1200. The molecule has 174 valence electrons. The Kier molecular flexibility index (Phi) is 7.60.